The Kier molecular flexibility index (Phi) is 5.28. The monoisotopic (exact) mass is 254 g/mol. The number of aromatic nitrogens is 3. The van der Waals surface area contributed by atoms with Crippen molar-refractivity contribution in [2.24, 2.45) is 0 Å². The van der Waals surface area contributed by atoms with E-state index in [1.807, 2.05) is 18.8 Å². The van der Waals surface area contributed by atoms with Crippen LogP contribution >= 0.6 is 0 Å². The second-order valence-electron chi connectivity index (χ2n) is 5.22. The molecule has 1 aromatic heterocycles. The predicted molar refractivity (Wildman–Crippen MR) is 72.4 cm³/mol. The van der Waals surface area contributed by atoms with Crippen molar-refractivity contribution in [2.45, 2.75) is 58.2 Å². The topological polar surface area (TPSA) is 54.2 Å². The first-order chi connectivity index (χ1) is 8.45. The zero-order valence-corrected chi connectivity index (χ0v) is 12.2. The maximum absolute atomic E-state index is 10.5. The second-order valence-corrected chi connectivity index (χ2v) is 5.22. The van der Waals surface area contributed by atoms with Gasteiger partial charge in [0.1, 0.15) is 12.2 Å². The Bertz CT molecular complexity index is 364. The van der Waals surface area contributed by atoms with Crippen molar-refractivity contribution < 1.29 is 5.11 Å². The van der Waals surface area contributed by atoms with Gasteiger partial charge >= 0.3 is 0 Å². The largest absolute Gasteiger partial charge is 0.391 e. The van der Waals surface area contributed by atoms with Gasteiger partial charge in [-0.15, -0.1) is 0 Å². The highest BCUT2D eigenvalue weighted by Gasteiger charge is 2.34. The fourth-order valence-corrected chi connectivity index (χ4v) is 2.09. The van der Waals surface area contributed by atoms with Crippen LogP contribution in [0.5, 0.6) is 0 Å². The lowest BCUT2D eigenvalue weighted by Crippen LogP contribution is -2.51. The summed E-state index contributed by atoms with van der Waals surface area (Å²) in [6.07, 6.45) is 3.57. The molecule has 2 unspecified atom stereocenters. The van der Waals surface area contributed by atoms with E-state index in [1.54, 1.807) is 6.33 Å². The molecule has 0 bridgehead atoms. The molecule has 2 atom stereocenters. The lowest BCUT2D eigenvalue weighted by atomic mass is 9.88. The summed E-state index contributed by atoms with van der Waals surface area (Å²) >= 11 is 0. The Labute approximate surface area is 110 Å². The zero-order chi connectivity index (χ0) is 13.8. The maximum atomic E-state index is 10.5. The fraction of sp³-hybridized carbons (Fsp3) is 0.846. The van der Waals surface area contributed by atoms with Gasteiger partial charge in [0.15, 0.2) is 0 Å². The highest BCUT2D eigenvalue weighted by Crippen LogP contribution is 2.23. The van der Waals surface area contributed by atoms with Crippen LogP contribution in [0.1, 0.15) is 39.4 Å². The molecule has 0 aromatic carbocycles. The number of hydrogen-bond acceptors (Lipinski definition) is 4. The number of rotatable bonds is 7. The molecule has 0 radical (unpaired) electrons. The van der Waals surface area contributed by atoms with Gasteiger partial charge in [0.05, 0.1) is 6.10 Å². The Morgan fingerprint density at radius 1 is 1.44 bits per heavy atom. The quantitative estimate of drug-likeness (QED) is 0.797. The third-order valence-corrected chi connectivity index (χ3v) is 3.96. The van der Waals surface area contributed by atoms with Crippen molar-refractivity contribution >= 4 is 0 Å². The van der Waals surface area contributed by atoms with Gasteiger partial charge in [-0.25, -0.2) is 4.98 Å². The van der Waals surface area contributed by atoms with Gasteiger partial charge in [0.2, 0.25) is 0 Å². The van der Waals surface area contributed by atoms with Gasteiger partial charge in [0.25, 0.3) is 0 Å². The standard InChI is InChI=1S/C13H26N4O/c1-6-8-17-12(14-10-15-17)9-11(18)13(3,7-2)16(4)5/h10-11,18H,6-9H2,1-5H3. The molecule has 18 heavy (non-hydrogen) atoms. The molecular formula is C13H26N4O. The molecule has 1 N–H and O–H groups in total. The number of aliphatic hydroxyl groups is 1. The predicted octanol–water partition coefficient (Wildman–Crippen LogP) is 1.32. The first kappa shape index (κ1) is 15.1. The zero-order valence-electron chi connectivity index (χ0n) is 12.2. The van der Waals surface area contributed by atoms with Crippen LogP contribution in [0.15, 0.2) is 6.33 Å². The molecule has 0 amide bonds. The van der Waals surface area contributed by atoms with Crippen molar-refractivity contribution in [3.05, 3.63) is 12.2 Å². The minimum atomic E-state index is -0.447. The number of aliphatic hydroxyl groups excluding tert-OH is 1. The molecule has 0 saturated carbocycles. The number of hydrogen-bond donors (Lipinski definition) is 1. The molecular weight excluding hydrogens is 228 g/mol. The summed E-state index contributed by atoms with van der Waals surface area (Å²) in [6, 6.07) is 0. The van der Waals surface area contributed by atoms with E-state index in [9.17, 15) is 5.11 Å². The molecule has 1 heterocycles. The van der Waals surface area contributed by atoms with E-state index in [1.165, 1.54) is 0 Å². The van der Waals surface area contributed by atoms with Crippen molar-refractivity contribution in [2.75, 3.05) is 14.1 Å². The van der Waals surface area contributed by atoms with E-state index in [4.69, 9.17) is 0 Å². The highest BCUT2D eigenvalue weighted by atomic mass is 16.3. The number of aryl methyl sites for hydroxylation is 1. The summed E-state index contributed by atoms with van der Waals surface area (Å²) in [7, 11) is 4.01. The molecule has 0 aliphatic heterocycles. The van der Waals surface area contributed by atoms with Gasteiger partial charge in [-0.05, 0) is 33.9 Å². The summed E-state index contributed by atoms with van der Waals surface area (Å²) in [6.45, 7) is 7.14. The number of likely N-dealkylation sites (N-methyl/N-ethyl adjacent to an activating group) is 1. The van der Waals surface area contributed by atoms with E-state index in [0.29, 0.717) is 6.42 Å². The van der Waals surface area contributed by atoms with E-state index in [0.717, 1.165) is 25.2 Å². The molecule has 0 aliphatic carbocycles. The molecule has 0 aliphatic rings. The minimum absolute atomic E-state index is 0.233. The van der Waals surface area contributed by atoms with Crippen molar-refractivity contribution in [1.82, 2.24) is 19.7 Å². The average molecular weight is 254 g/mol. The van der Waals surface area contributed by atoms with Gasteiger partial charge < -0.3 is 10.0 Å². The summed E-state index contributed by atoms with van der Waals surface area (Å²) in [4.78, 5) is 6.34. The molecule has 0 spiro atoms. The lowest BCUT2D eigenvalue weighted by molar-refractivity contribution is 0.00130. The molecule has 5 heteroatoms. The Hall–Kier alpha value is -0.940. The van der Waals surface area contributed by atoms with Crippen molar-refractivity contribution in [3.63, 3.8) is 0 Å². The lowest BCUT2D eigenvalue weighted by Gasteiger charge is -2.39. The summed E-state index contributed by atoms with van der Waals surface area (Å²) in [5, 5.41) is 14.7. The van der Waals surface area contributed by atoms with E-state index >= 15 is 0 Å². The van der Waals surface area contributed by atoms with E-state index < -0.39 is 6.10 Å². The first-order valence-electron chi connectivity index (χ1n) is 6.67. The van der Waals surface area contributed by atoms with Crippen molar-refractivity contribution in [3.8, 4) is 0 Å². The fourth-order valence-electron chi connectivity index (χ4n) is 2.09. The summed E-state index contributed by atoms with van der Waals surface area (Å²) in [5.74, 6) is 0.867. The molecule has 0 fully saturated rings. The molecule has 1 aromatic rings. The maximum Gasteiger partial charge on any atom is 0.138 e. The van der Waals surface area contributed by atoms with Gasteiger partial charge in [-0.2, -0.15) is 5.10 Å². The number of nitrogens with zero attached hydrogens (tertiary/aromatic N) is 4. The minimum Gasteiger partial charge on any atom is -0.391 e. The second kappa shape index (κ2) is 6.29. The normalized spacial score (nSPS) is 16.8. The smallest absolute Gasteiger partial charge is 0.138 e. The Morgan fingerprint density at radius 3 is 2.61 bits per heavy atom. The van der Waals surface area contributed by atoms with Crippen LogP contribution in [0, 0.1) is 0 Å². The van der Waals surface area contributed by atoms with E-state index in [-0.39, 0.29) is 5.54 Å². The van der Waals surface area contributed by atoms with Gasteiger partial charge in [0, 0.05) is 18.5 Å². The Morgan fingerprint density at radius 2 is 2.11 bits per heavy atom. The van der Waals surface area contributed by atoms with Crippen LogP contribution in [0.3, 0.4) is 0 Å². The van der Waals surface area contributed by atoms with Gasteiger partial charge in [-0.3, -0.25) is 4.68 Å². The molecule has 104 valence electrons. The highest BCUT2D eigenvalue weighted by molar-refractivity contribution is 4.97. The van der Waals surface area contributed by atoms with Crippen LogP contribution in [0.4, 0.5) is 0 Å². The van der Waals surface area contributed by atoms with Crippen LogP contribution in [-0.4, -0.2) is 50.5 Å². The van der Waals surface area contributed by atoms with Crippen molar-refractivity contribution in [1.29, 1.82) is 0 Å². The average Bonchev–Trinajstić information content (AvgIpc) is 2.75. The van der Waals surface area contributed by atoms with Crippen LogP contribution in [0.2, 0.25) is 0 Å². The van der Waals surface area contributed by atoms with Crippen LogP contribution < -0.4 is 0 Å². The summed E-state index contributed by atoms with van der Waals surface area (Å²) in [5.41, 5.74) is -0.233. The van der Waals surface area contributed by atoms with Crippen LogP contribution in [-0.2, 0) is 13.0 Å². The first-order valence-corrected chi connectivity index (χ1v) is 6.67. The molecule has 5 nitrogen and oxygen atoms in total. The third kappa shape index (κ3) is 3.09. The van der Waals surface area contributed by atoms with Gasteiger partial charge in [-0.1, -0.05) is 13.8 Å². The SMILES string of the molecule is CCCn1ncnc1CC(O)C(C)(CC)N(C)C. The molecule has 0 saturated heterocycles. The summed E-state index contributed by atoms with van der Waals surface area (Å²) < 4.78 is 1.88. The van der Waals surface area contributed by atoms with Crippen LogP contribution in [0.25, 0.3) is 0 Å². The molecule has 1 rings (SSSR count). The third-order valence-electron chi connectivity index (χ3n) is 3.96. The Balaban J connectivity index is 2.79. The van der Waals surface area contributed by atoms with E-state index in [2.05, 4.69) is 35.8 Å².